The lowest BCUT2D eigenvalue weighted by Crippen LogP contribution is -2.12. The Morgan fingerprint density at radius 3 is 1.89 bits per heavy atom. The van der Waals surface area contributed by atoms with Gasteiger partial charge in [0.1, 0.15) is 24.7 Å². The maximum absolute atomic E-state index is 6.38. The fourth-order valence-corrected chi connectivity index (χ4v) is 3.58. The Morgan fingerprint density at radius 2 is 1.37 bits per heavy atom. The highest BCUT2D eigenvalue weighted by Crippen LogP contribution is 2.31. The third kappa shape index (κ3) is 5.64. The molecular formula is C24H29ClO2. The van der Waals surface area contributed by atoms with Crippen molar-refractivity contribution in [3.8, 4) is 11.5 Å². The summed E-state index contributed by atoms with van der Waals surface area (Å²) >= 11 is 6.38. The van der Waals surface area contributed by atoms with Crippen LogP contribution in [0.4, 0.5) is 0 Å². The third-order valence-corrected chi connectivity index (χ3v) is 4.70. The number of benzene rings is 2. The molecule has 0 aliphatic rings. The van der Waals surface area contributed by atoms with E-state index in [4.69, 9.17) is 21.1 Å². The number of halogens is 1. The third-order valence-electron chi connectivity index (χ3n) is 4.42. The number of allylic oxidation sites excluding steroid dienone is 2. The quantitative estimate of drug-likeness (QED) is 0.347. The second-order valence-electron chi connectivity index (χ2n) is 6.66. The first-order valence-electron chi connectivity index (χ1n) is 9.38. The number of hydrogen-bond acceptors (Lipinski definition) is 2. The van der Waals surface area contributed by atoms with Crippen molar-refractivity contribution in [1.82, 2.24) is 0 Å². The minimum Gasteiger partial charge on any atom is -0.489 e. The Hall–Kier alpha value is -2.19. The van der Waals surface area contributed by atoms with Crippen LogP contribution in [-0.4, -0.2) is 13.2 Å². The summed E-state index contributed by atoms with van der Waals surface area (Å²) in [5.74, 6) is 1.68. The van der Waals surface area contributed by atoms with Crippen molar-refractivity contribution in [2.24, 2.45) is 0 Å². The molecule has 0 saturated heterocycles. The Bertz CT molecular complexity index is 785. The molecule has 0 heterocycles. The molecule has 27 heavy (non-hydrogen) atoms. The molecule has 0 atom stereocenters. The van der Waals surface area contributed by atoms with Crippen molar-refractivity contribution in [2.45, 2.75) is 40.0 Å². The lowest BCUT2D eigenvalue weighted by atomic mass is 10.0. The zero-order chi connectivity index (χ0) is 19.8. The van der Waals surface area contributed by atoms with Crippen molar-refractivity contribution in [1.29, 1.82) is 0 Å². The SMILES string of the molecule is C=CCc1cc(C)c(OCCOc2c(C)cc(CC=C)cc2CC)c(Cl)c1. The van der Waals surface area contributed by atoms with Crippen molar-refractivity contribution in [3.05, 3.63) is 82.4 Å². The van der Waals surface area contributed by atoms with E-state index in [1.54, 1.807) is 0 Å². The molecular weight excluding hydrogens is 356 g/mol. The van der Waals surface area contributed by atoms with Crippen LogP contribution in [0.1, 0.15) is 34.7 Å². The predicted molar refractivity (Wildman–Crippen MR) is 116 cm³/mol. The van der Waals surface area contributed by atoms with Crippen LogP contribution >= 0.6 is 11.6 Å². The predicted octanol–water partition coefficient (Wildman–Crippen LogP) is 6.43. The number of aryl methyl sites for hydroxylation is 3. The van der Waals surface area contributed by atoms with Gasteiger partial charge in [0.05, 0.1) is 5.02 Å². The molecule has 0 aromatic heterocycles. The Labute approximate surface area is 168 Å². The van der Waals surface area contributed by atoms with E-state index in [0.29, 0.717) is 18.2 Å². The van der Waals surface area contributed by atoms with Crippen LogP contribution in [0.25, 0.3) is 0 Å². The van der Waals surface area contributed by atoms with Gasteiger partial charge in [-0.05, 0) is 67.0 Å². The Kier molecular flexibility index (Phi) is 7.99. The highest BCUT2D eigenvalue weighted by atomic mass is 35.5. The summed E-state index contributed by atoms with van der Waals surface area (Å²) < 4.78 is 12.0. The summed E-state index contributed by atoms with van der Waals surface area (Å²) in [4.78, 5) is 0. The van der Waals surface area contributed by atoms with E-state index in [0.717, 1.165) is 47.5 Å². The molecule has 0 aliphatic heterocycles. The van der Waals surface area contributed by atoms with Gasteiger partial charge in [0.15, 0.2) is 0 Å². The van der Waals surface area contributed by atoms with E-state index < -0.39 is 0 Å². The molecule has 0 bridgehead atoms. The molecule has 0 fully saturated rings. The number of hydrogen-bond donors (Lipinski definition) is 0. The van der Waals surface area contributed by atoms with E-state index in [2.05, 4.69) is 45.2 Å². The summed E-state index contributed by atoms with van der Waals surface area (Å²) in [6, 6.07) is 8.38. The Morgan fingerprint density at radius 1 is 0.852 bits per heavy atom. The molecule has 2 nitrogen and oxygen atoms in total. The molecule has 2 rings (SSSR count). The van der Waals surface area contributed by atoms with Gasteiger partial charge in [0.2, 0.25) is 0 Å². The molecule has 2 aromatic carbocycles. The standard InChI is InChI=1S/C24H29ClO2/c1-6-9-19-13-17(4)23(21(8-3)15-19)26-11-12-27-24-18(5)14-20(10-7-2)16-22(24)25/h6-7,13-16H,1-2,8-12H2,3-5H3. The van der Waals surface area contributed by atoms with Crippen LogP contribution in [0.2, 0.25) is 5.02 Å². The van der Waals surface area contributed by atoms with E-state index in [1.807, 2.05) is 25.1 Å². The Balaban J connectivity index is 2.01. The topological polar surface area (TPSA) is 18.5 Å². The molecule has 0 spiro atoms. The average Bonchev–Trinajstić information content (AvgIpc) is 2.62. The van der Waals surface area contributed by atoms with E-state index in [9.17, 15) is 0 Å². The molecule has 3 heteroatoms. The van der Waals surface area contributed by atoms with E-state index in [1.165, 1.54) is 11.1 Å². The monoisotopic (exact) mass is 384 g/mol. The molecule has 0 unspecified atom stereocenters. The van der Waals surface area contributed by atoms with Crippen LogP contribution in [0, 0.1) is 13.8 Å². The average molecular weight is 385 g/mol. The first-order chi connectivity index (χ1) is 13.0. The fourth-order valence-electron chi connectivity index (χ4n) is 3.24. The van der Waals surface area contributed by atoms with Gasteiger partial charge in [-0.2, -0.15) is 0 Å². The van der Waals surface area contributed by atoms with Gasteiger partial charge in [-0.1, -0.05) is 48.9 Å². The molecule has 0 aliphatic carbocycles. The van der Waals surface area contributed by atoms with Gasteiger partial charge in [-0.3, -0.25) is 0 Å². The van der Waals surface area contributed by atoms with E-state index >= 15 is 0 Å². The van der Waals surface area contributed by atoms with Crippen molar-refractivity contribution >= 4 is 11.6 Å². The molecule has 0 N–H and O–H groups in total. The van der Waals surface area contributed by atoms with Crippen LogP contribution in [0.5, 0.6) is 11.5 Å². The van der Waals surface area contributed by atoms with Crippen LogP contribution < -0.4 is 9.47 Å². The smallest absolute Gasteiger partial charge is 0.140 e. The summed E-state index contributed by atoms with van der Waals surface area (Å²) in [6.45, 7) is 14.7. The lowest BCUT2D eigenvalue weighted by molar-refractivity contribution is 0.214. The minimum atomic E-state index is 0.443. The maximum Gasteiger partial charge on any atom is 0.140 e. The summed E-state index contributed by atoms with van der Waals surface area (Å²) in [5.41, 5.74) is 5.80. The zero-order valence-corrected chi connectivity index (χ0v) is 17.4. The number of ether oxygens (including phenoxy) is 2. The second kappa shape index (κ2) is 10.2. The largest absolute Gasteiger partial charge is 0.489 e. The highest BCUT2D eigenvalue weighted by Gasteiger charge is 2.10. The molecule has 2 aromatic rings. The fraction of sp³-hybridized carbons (Fsp3) is 0.333. The van der Waals surface area contributed by atoms with Crippen molar-refractivity contribution in [3.63, 3.8) is 0 Å². The van der Waals surface area contributed by atoms with Crippen LogP contribution in [-0.2, 0) is 19.3 Å². The maximum atomic E-state index is 6.38. The molecule has 0 radical (unpaired) electrons. The van der Waals surface area contributed by atoms with Gasteiger partial charge in [0.25, 0.3) is 0 Å². The molecule has 0 amide bonds. The molecule has 0 saturated carbocycles. The number of rotatable bonds is 10. The van der Waals surface area contributed by atoms with Crippen LogP contribution in [0.15, 0.2) is 49.6 Å². The first kappa shape index (κ1) is 21.1. The second-order valence-corrected chi connectivity index (χ2v) is 7.07. The van der Waals surface area contributed by atoms with Crippen molar-refractivity contribution < 1.29 is 9.47 Å². The lowest BCUT2D eigenvalue weighted by Gasteiger charge is -2.17. The summed E-state index contributed by atoms with van der Waals surface area (Å²) in [5, 5.41) is 0.631. The van der Waals surface area contributed by atoms with Crippen molar-refractivity contribution in [2.75, 3.05) is 13.2 Å². The summed E-state index contributed by atoms with van der Waals surface area (Å²) in [7, 11) is 0. The van der Waals surface area contributed by atoms with Gasteiger partial charge in [-0.15, -0.1) is 13.2 Å². The van der Waals surface area contributed by atoms with Gasteiger partial charge in [0, 0.05) is 0 Å². The normalized spacial score (nSPS) is 10.5. The highest BCUT2D eigenvalue weighted by molar-refractivity contribution is 6.32. The van der Waals surface area contributed by atoms with Crippen LogP contribution in [0.3, 0.4) is 0 Å². The van der Waals surface area contributed by atoms with Gasteiger partial charge in [-0.25, -0.2) is 0 Å². The summed E-state index contributed by atoms with van der Waals surface area (Å²) in [6.07, 6.45) is 6.39. The zero-order valence-electron chi connectivity index (χ0n) is 16.6. The molecule has 144 valence electrons. The van der Waals surface area contributed by atoms with Gasteiger partial charge >= 0.3 is 0 Å². The minimum absolute atomic E-state index is 0.443. The van der Waals surface area contributed by atoms with Gasteiger partial charge < -0.3 is 9.47 Å². The van der Waals surface area contributed by atoms with E-state index in [-0.39, 0.29) is 0 Å². The first-order valence-corrected chi connectivity index (χ1v) is 9.76.